The average molecular weight is 512 g/mol. The maximum atomic E-state index is 13.4. The summed E-state index contributed by atoms with van der Waals surface area (Å²) in [6.45, 7) is 6.04. The maximum absolute atomic E-state index is 13.4. The number of carbonyl (C=O) groups is 1. The topological polar surface area (TPSA) is 48.4 Å². The van der Waals surface area contributed by atoms with Crippen LogP contribution in [0.1, 0.15) is 71.3 Å². The zero-order valence-corrected chi connectivity index (χ0v) is 20.8. The van der Waals surface area contributed by atoms with Gasteiger partial charge in [0.1, 0.15) is 5.82 Å². The van der Waals surface area contributed by atoms with Gasteiger partial charge in [-0.1, -0.05) is 44.2 Å². The van der Waals surface area contributed by atoms with Gasteiger partial charge in [-0.3, -0.25) is 4.98 Å². The van der Waals surface area contributed by atoms with Gasteiger partial charge in [-0.05, 0) is 76.0 Å². The Labute approximate surface area is 202 Å². The van der Waals surface area contributed by atoms with E-state index in [9.17, 15) is 9.18 Å². The van der Waals surface area contributed by atoms with Crippen molar-refractivity contribution >= 4 is 22.1 Å². The summed E-state index contributed by atoms with van der Waals surface area (Å²) in [5.74, 6) is 0.692. The lowest BCUT2D eigenvalue weighted by Crippen LogP contribution is -2.13. The molecule has 1 aromatic heterocycles. The number of hydrogen-bond acceptors (Lipinski definition) is 4. The molecule has 0 amide bonds. The standard InChI is InChI=1S/C27H27BrFNO3/c1-15(2)25-23(26(33-27(31)32-4)24(28)16(3)30-25)14-17-5-11-22-19(13-17)8-12-21(22)18-6-9-20(29)10-7-18/h5-7,9-11,13,15,21H,8,12,14H2,1-4H3. The number of halogens is 2. The summed E-state index contributed by atoms with van der Waals surface area (Å²) in [4.78, 5) is 16.8. The van der Waals surface area contributed by atoms with E-state index < -0.39 is 6.16 Å². The van der Waals surface area contributed by atoms with E-state index in [1.54, 1.807) is 0 Å². The van der Waals surface area contributed by atoms with Crippen LogP contribution in [0.3, 0.4) is 0 Å². The predicted molar refractivity (Wildman–Crippen MR) is 130 cm³/mol. The quantitative estimate of drug-likeness (QED) is 0.339. The van der Waals surface area contributed by atoms with Crippen LogP contribution in [0.15, 0.2) is 46.9 Å². The minimum Gasteiger partial charge on any atom is -0.437 e. The van der Waals surface area contributed by atoms with Crippen molar-refractivity contribution in [2.75, 3.05) is 7.11 Å². The largest absolute Gasteiger partial charge is 0.513 e. The summed E-state index contributed by atoms with van der Waals surface area (Å²) in [5, 5.41) is 0. The van der Waals surface area contributed by atoms with Gasteiger partial charge >= 0.3 is 6.16 Å². The van der Waals surface area contributed by atoms with Gasteiger partial charge in [-0.15, -0.1) is 0 Å². The zero-order valence-electron chi connectivity index (χ0n) is 19.2. The van der Waals surface area contributed by atoms with Crippen LogP contribution in [0.25, 0.3) is 0 Å². The van der Waals surface area contributed by atoms with E-state index >= 15 is 0 Å². The number of carbonyl (C=O) groups excluding carboxylic acids is 1. The molecule has 33 heavy (non-hydrogen) atoms. The molecule has 0 N–H and O–H groups in total. The Balaban J connectivity index is 1.70. The van der Waals surface area contributed by atoms with Crippen molar-refractivity contribution in [3.8, 4) is 5.75 Å². The SMILES string of the molecule is COC(=O)Oc1c(Br)c(C)nc(C(C)C)c1Cc1ccc2c(c1)CCC2c1ccc(F)cc1. The molecule has 6 heteroatoms. The Morgan fingerprint density at radius 2 is 1.94 bits per heavy atom. The van der Waals surface area contributed by atoms with Crippen molar-refractivity contribution in [3.63, 3.8) is 0 Å². The molecular formula is C27H27BrFNO3. The van der Waals surface area contributed by atoms with Crippen molar-refractivity contribution in [3.05, 3.63) is 92.0 Å². The van der Waals surface area contributed by atoms with Crippen molar-refractivity contribution in [1.82, 2.24) is 4.98 Å². The number of ether oxygens (including phenoxy) is 2. The molecule has 1 heterocycles. The normalized spacial score (nSPS) is 14.9. The summed E-state index contributed by atoms with van der Waals surface area (Å²) in [6.07, 6.45) is 1.81. The predicted octanol–water partition coefficient (Wildman–Crippen LogP) is 7.23. The molecule has 0 saturated heterocycles. The fourth-order valence-electron chi connectivity index (χ4n) is 4.62. The van der Waals surface area contributed by atoms with Crippen molar-refractivity contribution < 1.29 is 18.7 Å². The fraction of sp³-hybridized carbons (Fsp3) is 0.333. The maximum Gasteiger partial charge on any atom is 0.513 e. The van der Waals surface area contributed by atoms with Crippen LogP contribution in [-0.2, 0) is 17.6 Å². The highest BCUT2D eigenvalue weighted by Gasteiger charge is 2.26. The third kappa shape index (κ3) is 4.81. The van der Waals surface area contributed by atoms with Crippen LogP contribution in [0, 0.1) is 12.7 Å². The third-order valence-electron chi connectivity index (χ3n) is 6.23. The molecule has 1 unspecified atom stereocenters. The average Bonchev–Trinajstić information content (AvgIpc) is 3.22. The van der Waals surface area contributed by atoms with Crippen LogP contribution >= 0.6 is 15.9 Å². The Bertz CT molecular complexity index is 1190. The molecule has 2 aromatic carbocycles. The summed E-state index contributed by atoms with van der Waals surface area (Å²) in [6, 6.07) is 13.4. The summed E-state index contributed by atoms with van der Waals surface area (Å²) < 4.78 is 24.3. The minimum absolute atomic E-state index is 0.157. The van der Waals surface area contributed by atoms with Gasteiger partial charge in [0.05, 0.1) is 23.0 Å². The molecule has 0 radical (unpaired) electrons. The molecule has 0 fully saturated rings. The van der Waals surface area contributed by atoms with Crippen LogP contribution in [-0.4, -0.2) is 18.2 Å². The molecular weight excluding hydrogens is 485 g/mol. The monoisotopic (exact) mass is 511 g/mol. The molecule has 3 aromatic rings. The second kappa shape index (κ2) is 9.64. The smallest absolute Gasteiger partial charge is 0.437 e. The van der Waals surface area contributed by atoms with Gasteiger partial charge in [0.2, 0.25) is 0 Å². The zero-order chi connectivity index (χ0) is 23.7. The van der Waals surface area contributed by atoms with E-state index in [0.29, 0.717) is 16.6 Å². The van der Waals surface area contributed by atoms with E-state index in [1.165, 1.54) is 30.4 Å². The van der Waals surface area contributed by atoms with Crippen LogP contribution in [0.2, 0.25) is 0 Å². The highest BCUT2D eigenvalue weighted by Crippen LogP contribution is 2.41. The highest BCUT2D eigenvalue weighted by molar-refractivity contribution is 9.10. The first-order valence-electron chi connectivity index (χ1n) is 11.1. The van der Waals surface area contributed by atoms with E-state index in [1.807, 2.05) is 19.1 Å². The molecule has 1 aliphatic rings. The first-order valence-corrected chi connectivity index (χ1v) is 11.9. The number of aromatic nitrogens is 1. The number of aryl methyl sites for hydroxylation is 2. The second-order valence-electron chi connectivity index (χ2n) is 8.77. The molecule has 4 rings (SSSR count). The van der Waals surface area contributed by atoms with Gasteiger partial charge in [0.25, 0.3) is 0 Å². The van der Waals surface area contributed by atoms with Crippen LogP contribution < -0.4 is 4.74 Å². The van der Waals surface area contributed by atoms with Crippen molar-refractivity contribution in [1.29, 1.82) is 0 Å². The number of benzene rings is 2. The number of rotatable bonds is 5. The Morgan fingerprint density at radius 3 is 2.61 bits per heavy atom. The number of nitrogens with zero attached hydrogens (tertiary/aromatic N) is 1. The van der Waals surface area contributed by atoms with E-state index in [0.717, 1.165) is 40.9 Å². The summed E-state index contributed by atoms with van der Waals surface area (Å²) >= 11 is 3.55. The molecule has 1 atom stereocenters. The molecule has 0 spiro atoms. The van der Waals surface area contributed by atoms with Crippen molar-refractivity contribution in [2.45, 2.75) is 51.9 Å². The second-order valence-corrected chi connectivity index (χ2v) is 9.56. The fourth-order valence-corrected chi connectivity index (χ4v) is 5.03. The van der Waals surface area contributed by atoms with E-state index in [4.69, 9.17) is 14.5 Å². The van der Waals surface area contributed by atoms with Gasteiger partial charge < -0.3 is 9.47 Å². The lowest BCUT2D eigenvalue weighted by atomic mass is 9.91. The van der Waals surface area contributed by atoms with Gasteiger partial charge in [0.15, 0.2) is 5.75 Å². The molecule has 1 aliphatic carbocycles. The highest BCUT2D eigenvalue weighted by atomic mass is 79.9. The van der Waals surface area contributed by atoms with Crippen LogP contribution in [0.5, 0.6) is 5.75 Å². The Kier molecular flexibility index (Phi) is 6.84. The van der Waals surface area contributed by atoms with Crippen molar-refractivity contribution in [2.24, 2.45) is 0 Å². The lowest BCUT2D eigenvalue weighted by molar-refractivity contribution is 0.120. The van der Waals surface area contributed by atoms with Gasteiger partial charge in [0, 0.05) is 17.9 Å². The number of methoxy groups -OCH3 is 1. The van der Waals surface area contributed by atoms with E-state index in [2.05, 4.69) is 48.0 Å². The van der Waals surface area contributed by atoms with Crippen LogP contribution in [0.4, 0.5) is 9.18 Å². The molecule has 4 nitrogen and oxygen atoms in total. The van der Waals surface area contributed by atoms with E-state index in [-0.39, 0.29) is 17.7 Å². The molecule has 0 aliphatic heterocycles. The number of fused-ring (bicyclic) bond motifs is 1. The summed E-state index contributed by atoms with van der Waals surface area (Å²) in [5.41, 5.74) is 7.41. The Morgan fingerprint density at radius 1 is 1.21 bits per heavy atom. The summed E-state index contributed by atoms with van der Waals surface area (Å²) in [7, 11) is 1.30. The van der Waals surface area contributed by atoms with Gasteiger partial charge in [-0.2, -0.15) is 0 Å². The molecule has 172 valence electrons. The first kappa shape index (κ1) is 23.4. The first-order chi connectivity index (χ1) is 15.8. The number of pyridine rings is 1. The lowest BCUT2D eigenvalue weighted by Gasteiger charge is -2.19. The number of hydrogen-bond donors (Lipinski definition) is 0. The molecule has 0 bridgehead atoms. The third-order valence-corrected chi connectivity index (χ3v) is 7.16. The molecule has 0 saturated carbocycles. The minimum atomic E-state index is -0.756. The Hall–Kier alpha value is -2.73. The van der Waals surface area contributed by atoms with Gasteiger partial charge in [-0.25, -0.2) is 9.18 Å².